The van der Waals surface area contributed by atoms with Crippen molar-refractivity contribution in [3.8, 4) is 0 Å². The summed E-state index contributed by atoms with van der Waals surface area (Å²) in [6.45, 7) is 3.28. The zero-order chi connectivity index (χ0) is 8.39. The number of rotatable bonds is 1. The van der Waals surface area contributed by atoms with Crippen molar-refractivity contribution in [1.29, 1.82) is 0 Å². The predicted octanol–water partition coefficient (Wildman–Crippen LogP) is 1.87. The Balaban J connectivity index is 1.79. The SMILES string of the molecule is CC1CN=C(NC2CCC2)SC1. The Bertz CT molecular complexity index is 187. The standard InChI is InChI=1S/C9H16N2S/c1-7-5-10-9(12-6-7)11-8-3-2-4-8/h7-8H,2-6H2,1H3,(H,10,11). The van der Waals surface area contributed by atoms with Crippen LogP contribution in [0.5, 0.6) is 0 Å². The van der Waals surface area contributed by atoms with Crippen LogP contribution in [-0.2, 0) is 0 Å². The van der Waals surface area contributed by atoms with Gasteiger partial charge in [0.1, 0.15) is 0 Å². The minimum absolute atomic E-state index is 0.740. The van der Waals surface area contributed by atoms with E-state index in [1.807, 2.05) is 11.8 Å². The molecule has 0 bridgehead atoms. The molecule has 0 spiro atoms. The first kappa shape index (κ1) is 8.42. The van der Waals surface area contributed by atoms with Gasteiger partial charge in [-0.3, -0.25) is 4.99 Å². The Kier molecular flexibility index (Phi) is 2.59. The van der Waals surface area contributed by atoms with E-state index < -0.39 is 0 Å². The van der Waals surface area contributed by atoms with Crippen LogP contribution in [-0.4, -0.2) is 23.5 Å². The molecule has 2 aliphatic rings. The van der Waals surface area contributed by atoms with Crippen LogP contribution < -0.4 is 5.32 Å². The Morgan fingerprint density at radius 2 is 2.33 bits per heavy atom. The summed E-state index contributed by atoms with van der Waals surface area (Å²) in [6.07, 6.45) is 4.08. The molecule has 0 aromatic carbocycles. The topological polar surface area (TPSA) is 24.4 Å². The van der Waals surface area contributed by atoms with Crippen molar-refractivity contribution >= 4 is 16.9 Å². The molecule has 12 heavy (non-hydrogen) atoms. The molecule has 1 fully saturated rings. The summed E-state index contributed by atoms with van der Waals surface area (Å²) in [4.78, 5) is 4.50. The van der Waals surface area contributed by atoms with E-state index in [9.17, 15) is 0 Å². The smallest absolute Gasteiger partial charge is 0.156 e. The van der Waals surface area contributed by atoms with Crippen molar-refractivity contribution in [2.24, 2.45) is 10.9 Å². The lowest BCUT2D eigenvalue weighted by molar-refractivity contribution is 0.384. The molecule has 1 aliphatic carbocycles. The molecule has 1 aliphatic heterocycles. The molecule has 1 unspecified atom stereocenters. The summed E-state index contributed by atoms with van der Waals surface area (Å²) >= 11 is 1.89. The van der Waals surface area contributed by atoms with Gasteiger partial charge in [0.05, 0.1) is 0 Å². The van der Waals surface area contributed by atoms with Gasteiger partial charge in [-0.05, 0) is 25.2 Å². The summed E-state index contributed by atoms with van der Waals surface area (Å²) in [5.74, 6) is 2.00. The number of hydrogen-bond donors (Lipinski definition) is 1. The molecule has 2 nitrogen and oxygen atoms in total. The first-order valence-electron chi connectivity index (χ1n) is 4.78. The molecule has 0 amide bonds. The van der Waals surface area contributed by atoms with Gasteiger partial charge >= 0.3 is 0 Å². The van der Waals surface area contributed by atoms with E-state index in [1.54, 1.807) is 0 Å². The zero-order valence-corrected chi connectivity index (χ0v) is 8.36. The fraction of sp³-hybridized carbons (Fsp3) is 0.889. The van der Waals surface area contributed by atoms with E-state index in [-0.39, 0.29) is 0 Å². The van der Waals surface area contributed by atoms with Crippen LogP contribution in [0.4, 0.5) is 0 Å². The van der Waals surface area contributed by atoms with Crippen LogP contribution in [0.1, 0.15) is 26.2 Å². The van der Waals surface area contributed by atoms with Crippen LogP contribution in [0.2, 0.25) is 0 Å². The molecule has 0 aromatic rings. The third-order valence-corrected chi connectivity index (χ3v) is 3.74. The van der Waals surface area contributed by atoms with Crippen LogP contribution in [0, 0.1) is 5.92 Å². The largest absolute Gasteiger partial charge is 0.362 e. The van der Waals surface area contributed by atoms with Crippen molar-refractivity contribution in [3.63, 3.8) is 0 Å². The maximum atomic E-state index is 4.50. The van der Waals surface area contributed by atoms with Crippen molar-refractivity contribution in [1.82, 2.24) is 5.32 Å². The second-order valence-corrected chi connectivity index (χ2v) is 4.84. The van der Waals surface area contributed by atoms with Gasteiger partial charge in [0.15, 0.2) is 5.17 Å². The molecular formula is C9H16N2S. The number of aliphatic imine (C=N–C) groups is 1. The van der Waals surface area contributed by atoms with E-state index in [4.69, 9.17) is 0 Å². The third kappa shape index (κ3) is 1.94. The van der Waals surface area contributed by atoms with Gasteiger partial charge in [0, 0.05) is 18.3 Å². The Morgan fingerprint density at radius 3 is 2.83 bits per heavy atom. The van der Waals surface area contributed by atoms with Gasteiger partial charge in [-0.1, -0.05) is 18.7 Å². The Morgan fingerprint density at radius 1 is 1.50 bits per heavy atom. The Hall–Kier alpha value is -0.180. The van der Waals surface area contributed by atoms with Gasteiger partial charge in [-0.25, -0.2) is 0 Å². The van der Waals surface area contributed by atoms with E-state index >= 15 is 0 Å². The molecule has 0 radical (unpaired) electrons. The lowest BCUT2D eigenvalue weighted by Crippen LogP contribution is -2.39. The Labute approximate surface area is 78.2 Å². The molecule has 0 saturated heterocycles. The summed E-state index contributed by atoms with van der Waals surface area (Å²) in [7, 11) is 0. The lowest BCUT2D eigenvalue weighted by atomic mass is 9.93. The first-order chi connectivity index (χ1) is 5.84. The fourth-order valence-electron chi connectivity index (χ4n) is 1.37. The van der Waals surface area contributed by atoms with E-state index in [0.29, 0.717) is 0 Å². The molecule has 1 heterocycles. The van der Waals surface area contributed by atoms with Gasteiger partial charge < -0.3 is 5.32 Å². The monoisotopic (exact) mass is 184 g/mol. The summed E-state index contributed by atoms with van der Waals surface area (Å²) in [5, 5.41) is 4.68. The van der Waals surface area contributed by atoms with E-state index in [0.717, 1.165) is 18.5 Å². The highest BCUT2D eigenvalue weighted by Gasteiger charge is 2.20. The maximum Gasteiger partial charge on any atom is 0.156 e. The van der Waals surface area contributed by atoms with Gasteiger partial charge in [-0.2, -0.15) is 0 Å². The molecule has 2 rings (SSSR count). The van der Waals surface area contributed by atoms with Gasteiger partial charge in [0.2, 0.25) is 0 Å². The molecule has 1 saturated carbocycles. The van der Waals surface area contributed by atoms with Crippen molar-refractivity contribution < 1.29 is 0 Å². The normalized spacial score (nSPS) is 30.8. The quantitative estimate of drug-likeness (QED) is 0.673. The predicted molar refractivity (Wildman–Crippen MR) is 54.7 cm³/mol. The molecule has 1 N–H and O–H groups in total. The van der Waals surface area contributed by atoms with Gasteiger partial charge in [-0.15, -0.1) is 0 Å². The second kappa shape index (κ2) is 3.69. The highest BCUT2D eigenvalue weighted by Crippen LogP contribution is 2.21. The average molecular weight is 184 g/mol. The molecular weight excluding hydrogens is 168 g/mol. The van der Waals surface area contributed by atoms with E-state index in [1.165, 1.54) is 30.2 Å². The summed E-state index contributed by atoms with van der Waals surface area (Å²) < 4.78 is 0. The number of thioether (sulfide) groups is 1. The number of nitrogens with zero attached hydrogens (tertiary/aromatic N) is 1. The number of amidine groups is 1. The van der Waals surface area contributed by atoms with Crippen LogP contribution in [0.3, 0.4) is 0 Å². The maximum absolute atomic E-state index is 4.50. The summed E-state index contributed by atoms with van der Waals surface area (Å²) in [6, 6.07) is 0.740. The van der Waals surface area contributed by atoms with E-state index in [2.05, 4.69) is 17.2 Å². The highest BCUT2D eigenvalue weighted by molar-refractivity contribution is 8.13. The minimum atomic E-state index is 0.740. The van der Waals surface area contributed by atoms with Crippen molar-refractivity contribution in [2.75, 3.05) is 12.3 Å². The average Bonchev–Trinajstić information content (AvgIpc) is 2.00. The number of hydrogen-bond acceptors (Lipinski definition) is 3. The van der Waals surface area contributed by atoms with Crippen LogP contribution >= 0.6 is 11.8 Å². The van der Waals surface area contributed by atoms with Crippen molar-refractivity contribution in [2.45, 2.75) is 32.2 Å². The zero-order valence-electron chi connectivity index (χ0n) is 7.55. The number of nitrogens with one attached hydrogen (secondary N) is 1. The molecule has 1 atom stereocenters. The summed E-state index contributed by atoms with van der Waals surface area (Å²) in [5.41, 5.74) is 0. The molecule has 0 aromatic heterocycles. The fourth-order valence-corrected chi connectivity index (χ4v) is 2.34. The van der Waals surface area contributed by atoms with Crippen molar-refractivity contribution in [3.05, 3.63) is 0 Å². The third-order valence-electron chi connectivity index (χ3n) is 2.48. The molecule has 68 valence electrons. The van der Waals surface area contributed by atoms with Gasteiger partial charge in [0.25, 0.3) is 0 Å². The van der Waals surface area contributed by atoms with Crippen LogP contribution in [0.25, 0.3) is 0 Å². The van der Waals surface area contributed by atoms with Crippen LogP contribution in [0.15, 0.2) is 4.99 Å². The lowest BCUT2D eigenvalue weighted by Gasteiger charge is -2.29. The molecule has 3 heteroatoms. The first-order valence-corrected chi connectivity index (χ1v) is 5.77. The minimum Gasteiger partial charge on any atom is -0.362 e. The second-order valence-electron chi connectivity index (χ2n) is 3.83. The highest BCUT2D eigenvalue weighted by atomic mass is 32.2.